The Kier molecular flexibility index (Phi) is 5.61. The fourth-order valence-corrected chi connectivity index (χ4v) is 5.82. The van der Waals surface area contributed by atoms with Crippen LogP contribution in [0.5, 0.6) is 5.75 Å². The van der Waals surface area contributed by atoms with Crippen LogP contribution in [0.4, 0.5) is 5.69 Å². The van der Waals surface area contributed by atoms with E-state index in [1.807, 2.05) is 17.0 Å². The Bertz CT molecular complexity index is 1040. The van der Waals surface area contributed by atoms with Crippen molar-refractivity contribution >= 4 is 34.8 Å². The van der Waals surface area contributed by atoms with E-state index in [0.717, 1.165) is 49.2 Å². The monoisotopic (exact) mass is 456 g/mol. The standard InChI is InChI=1S/C25H26Cl2N2O2/c26-16-13-20(24(30)21(27)14-16)23-18-7-5-6-17(18)19-12-15(8-9-22(19)28-23)25(31)29-10-3-1-2-4-11-29/h5-6,8-9,12-14,17-18,23,28,30H,1-4,7,10-11H2. The van der Waals surface area contributed by atoms with Gasteiger partial charge in [0.15, 0.2) is 0 Å². The molecule has 0 saturated carbocycles. The van der Waals surface area contributed by atoms with Crippen molar-refractivity contribution in [3.8, 4) is 5.75 Å². The molecular weight excluding hydrogens is 431 g/mol. The van der Waals surface area contributed by atoms with Crippen molar-refractivity contribution in [3.63, 3.8) is 0 Å². The molecule has 0 aromatic heterocycles. The molecule has 2 heterocycles. The molecule has 2 N–H and O–H groups in total. The zero-order chi connectivity index (χ0) is 21.5. The first-order valence-electron chi connectivity index (χ1n) is 11.1. The molecule has 2 aliphatic heterocycles. The molecule has 31 heavy (non-hydrogen) atoms. The van der Waals surface area contributed by atoms with E-state index in [2.05, 4.69) is 23.5 Å². The zero-order valence-electron chi connectivity index (χ0n) is 17.3. The van der Waals surface area contributed by atoms with Gasteiger partial charge in [-0.05, 0) is 61.1 Å². The Morgan fingerprint density at radius 1 is 1.03 bits per heavy atom. The van der Waals surface area contributed by atoms with E-state index < -0.39 is 0 Å². The Morgan fingerprint density at radius 3 is 2.58 bits per heavy atom. The van der Waals surface area contributed by atoms with Crippen LogP contribution in [0.1, 0.15) is 65.5 Å². The van der Waals surface area contributed by atoms with Crippen molar-refractivity contribution in [1.29, 1.82) is 0 Å². The van der Waals surface area contributed by atoms with E-state index in [9.17, 15) is 9.90 Å². The lowest BCUT2D eigenvalue weighted by atomic mass is 9.76. The first kappa shape index (κ1) is 20.7. The van der Waals surface area contributed by atoms with Gasteiger partial charge in [0.05, 0.1) is 11.1 Å². The second kappa shape index (κ2) is 8.40. The molecular formula is C25H26Cl2N2O2. The van der Waals surface area contributed by atoms with Crippen molar-refractivity contribution in [2.45, 2.75) is 44.1 Å². The number of carbonyl (C=O) groups is 1. The molecule has 6 heteroatoms. The molecule has 1 amide bonds. The van der Waals surface area contributed by atoms with Gasteiger partial charge in [0.1, 0.15) is 5.75 Å². The third-order valence-corrected chi connectivity index (χ3v) is 7.40. The number of amides is 1. The molecule has 5 rings (SSSR count). The SMILES string of the molecule is O=C(c1ccc2c(c1)C1C=CCC1C(c1cc(Cl)cc(Cl)c1O)N2)N1CCCCCC1. The van der Waals surface area contributed by atoms with Crippen LogP contribution in [0.25, 0.3) is 0 Å². The quantitative estimate of drug-likeness (QED) is 0.504. The van der Waals surface area contributed by atoms with Crippen LogP contribution in [0.3, 0.4) is 0 Å². The second-order valence-electron chi connectivity index (χ2n) is 8.81. The van der Waals surface area contributed by atoms with Gasteiger partial charge < -0.3 is 15.3 Å². The Balaban J connectivity index is 1.49. The lowest BCUT2D eigenvalue weighted by Crippen LogP contribution is -2.33. The predicted octanol–water partition coefficient (Wildman–Crippen LogP) is 6.54. The Labute approximate surface area is 192 Å². The molecule has 2 aromatic carbocycles. The summed E-state index contributed by atoms with van der Waals surface area (Å²) >= 11 is 12.4. The van der Waals surface area contributed by atoms with Crippen LogP contribution in [-0.2, 0) is 0 Å². The molecule has 0 spiro atoms. The van der Waals surface area contributed by atoms with Crippen LogP contribution in [0, 0.1) is 5.92 Å². The van der Waals surface area contributed by atoms with Gasteiger partial charge in [-0.1, -0.05) is 48.2 Å². The first-order valence-corrected chi connectivity index (χ1v) is 11.8. The normalized spacial score (nSPS) is 24.8. The van der Waals surface area contributed by atoms with E-state index in [0.29, 0.717) is 10.6 Å². The number of nitrogens with one attached hydrogen (secondary N) is 1. The number of phenolic OH excluding ortho intramolecular Hbond substituents is 1. The number of aromatic hydroxyl groups is 1. The summed E-state index contributed by atoms with van der Waals surface area (Å²) in [5, 5.41) is 15.0. The molecule has 2 aromatic rings. The zero-order valence-corrected chi connectivity index (χ0v) is 18.8. The number of allylic oxidation sites excluding steroid dienone is 2. The lowest BCUT2D eigenvalue weighted by molar-refractivity contribution is 0.0761. The number of phenols is 1. The maximum Gasteiger partial charge on any atom is 0.253 e. The van der Waals surface area contributed by atoms with Crippen molar-refractivity contribution in [1.82, 2.24) is 4.90 Å². The molecule has 3 unspecified atom stereocenters. The maximum absolute atomic E-state index is 13.2. The van der Waals surface area contributed by atoms with E-state index in [4.69, 9.17) is 23.2 Å². The lowest BCUT2D eigenvalue weighted by Gasteiger charge is -2.38. The molecule has 162 valence electrons. The van der Waals surface area contributed by atoms with E-state index in [-0.39, 0.29) is 34.6 Å². The highest BCUT2D eigenvalue weighted by molar-refractivity contribution is 6.35. The number of hydrogen-bond acceptors (Lipinski definition) is 3. The molecule has 0 bridgehead atoms. The highest BCUT2D eigenvalue weighted by Gasteiger charge is 2.39. The summed E-state index contributed by atoms with van der Waals surface area (Å²) in [6, 6.07) is 9.21. The van der Waals surface area contributed by atoms with Crippen molar-refractivity contribution in [2.24, 2.45) is 5.92 Å². The van der Waals surface area contributed by atoms with Crippen molar-refractivity contribution in [2.75, 3.05) is 18.4 Å². The number of benzene rings is 2. The van der Waals surface area contributed by atoms with Gasteiger partial charge in [-0.3, -0.25) is 4.79 Å². The highest BCUT2D eigenvalue weighted by atomic mass is 35.5. The number of anilines is 1. The predicted molar refractivity (Wildman–Crippen MR) is 125 cm³/mol. The average molecular weight is 457 g/mol. The number of hydrogen-bond donors (Lipinski definition) is 2. The summed E-state index contributed by atoms with van der Waals surface area (Å²) in [5.74, 6) is 0.599. The summed E-state index contributed by atoms with van der Waals surface area (Å²) in [7, 11) is 0. The largest absolute Gasteiger partial charge is 0.506 e. The number of rotatable bonds is 2. The van der Waals surface area contributed by atoms with Crippen LogP contribution < -0.4 is 5.32 Å². The van der Waals surface area contributed by atoms with E-state index in [1.165, 1.54) is 12.8 Å². The van der Waals surface area contributed by atoms with Gasteiger partial charge in [-0.15, -0.1) is 0 Å². The highest BCUT2D eigenvalue weighted by Crippen LogP contribution is 2.52. The molecule has 3 atom stereocenters. The Morgan fingerprint density at radius 2 is 1.81 bits per heavy atom. The minimum absolute atomic E-state index is 0.0747. The smallest absolute Gasteiger partial charge is 0.253 e. The van der Waals surface area contributed by atoms with Crippen LogP contribution in [0.2, 0.25) is 10.0 Å². The third-order valence-electron chi connectivity index (χ3n) is 6.90. The molecule has 1 saturated heterocycles. The van der Waals surface area contributed by atoms with Gasteiger partial charge in [0.25, 0.3) is 5.91 Å². The summed E-state index contributed by atoms with van der Waals surface area (Å²) in [6.45, 7) is 1.69. The summed E-state index contributed by atoms with van der Waals surface area (Å²) < 4.78 is 0. The van der Waals surface area contributed by atoms with Gasteiger partial charge in [-0.2, -0.15) is 0 Å². The number of fused-ring (bicyclic) bond motifs is 3. The maximum atomic E-state index is 13.2. The minimum Gasteiger partial charge on any atom is -0.506 e. The summed E-state index contributed by atoms with van der Waals surface area (Å²) in [5.41, 5.74) is 3.60. The van der Waals surface area contributed by atoms with E-state index in [1.54, 1.807) is 12.1 Å². The number of carbonyl (C=O) groups excluding carboxylic acids is 1. The van der Waals surface area contributed by atoms with Gasteiger partial charge in [0, 0.05) is 40.8 Å². The van der Waals surface area contributed by atoms with E-state index >= 15 is 0 Å². The second-order valence-corrected chi connectivity index (χ2v) is 9.65. The van der Waals surface area contributed by atoms with Crippen LogP contribution >= 0.6 is 23.2 Å². The van der Waals surface area contributed by atoms with Crippen LogP contribution in [-0.4, -0.2) is 29.0 Å². The van der Waals surface area contributed by atoms with Gasteiger partial charge in [-0.25, -0.2) is 0 Å². The fourth-order valence-electron chi connectivity index (χ4n) is 5.31. The summed E-state index contributed by atoms with van der Waals surface area (Å²) in [6.07, 6.45) is 9.86. The molecule has 1 aliphatic carbocycles. The molecule has 3 aliphatic rings. The van der Waals surface area contributed by atoms with Gasteiger partial charge in [0.2, 0.25) is 0 Å². The topological polar surface area (TPSA) is 52.6 Å². The van der Waals surface area contributed by atoms with Crippen molar-refractivity contribution < 1.29 is 9.90 Å². The average Bonchev–Trinajstić information content (AvgIpc) is 3.10. The minimum atomic E-state index is -0.115. The third kappa shape index (κ3) is 3.81. The van der Waals surface area contributed by atoms with Gasteiger partial charge >= 0.3 is 0 Å². The van der Waals surface area contributed by atoms with Crippen LogP contribution in [0.15, 0.2) is 42.5 Å². The molecule has 4 nitrogen and oxygen atoms in total. The number of halogens is 2. The molecule has 1 fully saturated rings. The number of likely N-dealkylation sites (tertiary alicyclic amines) is 1. The van der Waals surface area contributed by atoms with Crippen molar-refractivity contribution in [3.05, 3.63) is 69.2 Å². The fraction of sp³-hybridized carbons (Fsp3) is 0.400. The first-order chi connectivity index (χ1) is 15.0. The number of nitrogens with zero attached hydrogens (tertiary/aromatic N) is 1. The summed E-state index contributed by atoms with van der Waals surface area (Å²) in [4.78, 5) is 15.2. The Hall–Kier alpha value is -2.17. The molecule has 0 radical (unpaired) electrons.